The second-order valence-corrected chi connectivity index (χ2v) is 9.51. The number of nitrogens with one attached hydrogen (secondary N) is 2. The van der Waals surface area contributed by atoms with Crippen LogP contribution in [-0.4, -0.2) is 24.3 Å². The van der Waals surface area contributed by atoms with Crippen molar-refractivity contribution in [1.82, 2.24) is 10.2 Å². The molecule has 0 saturated carbocycles. The molecule has 0 aliphatic carbocycles. The van der Waals surface area contributed by atoms with Crippen molar-refractivity contribution in [3.63, 3.8) is 0 Å². The van der Waals surface area contributed by atoms with Crippen molar-refractivity contribution in [2.75, 3.05) is 4.72 Å². The number of allylic oxidation sites excluding steroid dienone is 2. The first-order valence-electron chi connectivity index (χ1n) is 9.98. The summed E-state index contributed by atoms with van der Waals surface area (Å²) in [5, 5.41) is 17.1. The van der Waals surface area contributed by atoms with Crippen molar-refractivity contribution >= 4 is 32.5 Å². The average Bonchev–Trinajstić information content (AvgIpc) is 3.16. The lowest BCUT2D eigenvalue weighted by molar-refractivity contribution is 0.599. The molecule has 166 valence electrons. The zero-order chi connectivity index (χ0) is 23.8. The van der Waals surface area contributed by atoms with Crippen molar-refractivity contribution in [2.45, 2.75) is 25.5 Å². The first kappa shape index (κ1) is 22.2. The zero-order valence-corrected chi connectivity index (χ0v) is 18.6. The molecule has 0 amide bonds. The van der Waals surface area contributed by atoms with E-state index >= 15 is 0 Å². The number of aromatic nitrogens is 2. The topological polar surface area (TPSA) is 115 Å². The summed E-state index contributed by atoms with van der Waals surface area (Å²) in [5.74, 6) is -1.82. The third-order valence-electron chi connectivity index (χ3n) is 5.52. The van der Waals surface area contributed by atoms with E-state index in [9.17, 15) is 18.1 Å². The van der Waals surface area contributed by atoms with E-state index in [-0.39, 0.29) is 11.6 Å². The van der Waals surface area contributed by atoms with Crippen LogP contribution in [0.15, 0.2) is 58.9 Å². The van der Waals surface area contributed by atoms with Gasteiger partial charge in [-0.2, -0.15) is 10.4 Å². The van der Waals surface area contributed by atoms with Crippen LogP contribution in [0, 0.1) is 29.6 Å². The molecule has 0 bridgehead atoms. The molecule has 2 unspecified atom stereocenters. The number of halogens is 1. The average molecular weight is 463 g/mol. The highest BCUT2D eigenvalue weighted by atomic mass is 32.2. The minimum atomic E-state index is -3.83. The number of hydrogen-bond donors (Lipinski definition) is 2. The zero-order valence-electron chi connectivity index (χ0n) is 17.8. The van der Waals surface area contributed by atoms with Gasteiger partial charge in [-0.3, -0.25) is 14.8 Å². The SMILES string of the molecule is [C-]#[N+]C1=C(C)N=C(C)C(C#N)C1c1ccc2[nH]nc(NS(=O)(=O)Cc3ccc(F)cc3)c2c1. The molecule has 0 radical (unpaired) electrons. The number of fused-ring (bicyclic) bond motifs is 1. The van der Waals surface area contributed by atoms with Crippen LogP contribution in [0.1, 0.15) is 30.9 Å². The van der Waals surface area contributed by atoms with Crippen molar-refractivity contribution in [2.24, 2.45) is 10.9 Å². The summed E-state index contributed by atoms with van der Waals surface area (Å²) in [6.45, 7) is 11.1. The highest BCUT2D eigenvalue weighted by molar-refractivity contribution is 7.91. The number of aliphatic imine (C=N–C) groups is 1. The van der Waals surface area contributed by atoms with Gasteiger partial charge in [0.05, 0.1) is 29.8 Å². The lowest BCUT2D eigenvalue weighted by Crippen LogP contribution is -2.24. The molecule has 0 saturated heterocycles. The Morgan fingerprint density at radius 3 is 2.64 bits per heavy atom. The summed E-state index contributed by atoms with van der Waals surface area (Å²) < 4.78 is 41.0. The Kier molecular flexibility index (Phi) is 5.71. The Hall–Kier alpha value is -4.02. The number of hydrogen-bond acceptors (Lipinski definition) is 5. The largest absolute Gasteiger partial charge is 0.276 e. The number of rotatable bonds is 5. The molecule has 33 heavy (non-hydrogen) atoms. The molecule has 0 fully saturated rings. The van der Waals surface area contributed by atoms with E-state index in [2.05, 4.69) is 30.8 Å². The lowest BCUT2D eigenvalue weighted by atomic mass is 9.79. The second-order valence-electron chi connectivity index (χ2n) is 7.78. The molecule has 8 nitrogen and oxygen atoms in total. The Balaban J connectivity index is 1.71. The molecule has 1 aliphatic rings. The van der Waals surface area contributed by atoms with Crippen LogP contribution >= 0.6 is 0 Å². The molecule has 2 atom stereocenters. The van der Waals surface area contributed by atoms with Crippen LogP contribution in [0.25, 0.3) is 15.7 Å². The van der Waals surface area contributed by atoms with Gasteiger partial charge in [-0.1, -0.05) is 18.2 Å². The molecule has 2 heterocycles. The number of aromatic amines is 1. The van der Waals surface area contributed by atoms with E-state index < -0.39 is 27.7 Å². The molecule has 2 aromatic carbocycles. The molecule has 1 aliphatic heterocycles. The molecule has 4 rings (SSSR count). The smallest absolute Gasteiger partial charge is 0.238 e. The Morgan fingerprint density at radius 1 is 1.24 bits per heavy atom. The predicted octanol–water partition coefficient (Wildman–Crippen LogP) is 4.49. The summed E-state index contributed by atoms with van der Waals surface area (Å²) in [6, 6.07) is 12.7. The van der Waals surface area contributed by atoms with Gasteiger partial charge in [0.2, 0.25) is 10.0 Å². The van der Waals surface area contributed by atoms with Gasteiger partial charge < -0.3 is 0 Å². The predicted molar refractivity (Wildman–Crippen MR) is 123 cm³/mol. The molecule has 1 aromatic heterocycles. The number of sulfonamides is 1. The van der Waals surface area contributed by atoms with E-state index in [0.717, 1.165) is 0 Å². The van der Waals surface area contributed by atoms with Gasteiger partial charge in [0.15, 0.2) is 11.5 Å². The summed E-state index contributed by atoms with van der Waals surface area (Å²) in [6.07, 6.45) is 0. The lowest BCUT2D eigenvalue weighted by Gasteiger charge is -2.26. The van der Waals surface area contributed by atoms with Gasteiger partial charge in [0.1, 0.15) is 5.82 Å². The maximum Gasteiger partial charge on any atom is 0.238 e. The third-order valence-corrected chi connectivity index (χ3v) is 6.74. The standard InChI is InChI=1S/C23H19FN6O2S/c1-13-19(11-25)21(22(26-3)14(2)27-13)16-6-9-20-18(10-16)23(29-28-20)30-33(31,32)12-15-4-7-17(24)8-5-15/h4-10,19,21H,12H2,1-2H3,(H2,28,29,30). The van der Waals surface area contributed by atoms with Crippen molar-refractivity contribution < 1.29 is 12.8 Å². The van der Waals surface area contributed by atoms with Crippen LogP contribution < -0.4 is 4.72 Å². The van der Waals surface area contributed by atoms with Crippen LogP contribution in [0.3, 0.4) is 0 Å². The Morgan fingerprint density at radius 2 is 1.97 bits per heavy atom. The summed E-state index contributed by atoms with van der Waals surface area (Å²) in [5.41, 5.74) is 3.28. The third kappa shape index (κ3) is 4.34. The Labute approximate surface area is 190 Å². The quantitative estimate of drug-likeness (QED) is 0.544. The molecule has 0 spiro atoms. The Bertz CT molecular complexity index is 1490. The molecule has 10 heteroatoms. The second kappa shape index (κ2) is 8.49. The first-order chi connectivity index (χ1) is 15.7. The number of nitriles is 1. The molecule has 2 N–H and O–H groups in total. The van der Waals surface area contributed by atoms with Gasteiger partial charge in [-0.15, -0.1) is 0 Å². The van der Waals surface area contributed by atoms with E-state index in [4.69, 9.17) is 6.57 Å². The molecular formula is C23H19FN6O2S. The van der Waals surface area contributed by atoms with Gasteiger partial charge in [0, 0.05) is 22.7 Å². The van der Waals surface area contributed by atoms with Gasteiger partial charge in [-0.05, 0) is 49.2 Å². The number of anilines is 1. The van der Waals surface area contributed by atoms with E-state index in [1.54, 1.807) is 32.0 Å². The van der Waals surface area contributed by atoms with Crippen LogP contribution in [0.5, 0.6) is 0 Å². The van der Waals surface area contributed by atoms with Gasteiger partial charge in [-0.25, -0.2) is 17.7 Å². The summed E-state index contributed by atoms with van der Waals surface area (Å²) in [4.78, 5) is 7.98. The fourth-order valence-electron chi connectivity index (χ4n) is 3.97. The molecule has 3 aromatic rings. The van der Waals surface area contributed by atoms with E-state index in [0.29, 0.717) is 39.1 Å². The minimum Gasteiger partial charge on any atom is -0.276 e. The maximum absolute atomic E-state index is 13.1. The van der Waals surface area contributed by atoms with E-state index in [1.165, 1.54) is 24.3 Å². The monoisotopic (exact) mass is 462 g/mol. The van der Waals surface area contributed by atoms with Crippen LogP contribution in [0.4, 0.5) is 10.2 Å². The number of nitrogens with zero attached hydrogens (tertiary/aromatic N) is 4. The normalized spacial score (nSPS) is 18.5. The summed E-state index contributed by atoms with van der Waals surface area (Å²) in [7, 11) is -3.83. The first-order valence-corrected chi connectivity index (χ1v) is 11.6. The number of benzene rings is 2. The van der Waals surface area contributed by atoms with E-state index in [1.807, 2.05) is 0 Å². The fourth-order valence-corrected chi connectivity index (χ4v) is 5.12. The van der Waals surface area contributed by atoms with Crippen molar-refractivity contribution in [1.29, 1.82) is 5.26 Å². The van der Waals surface area contributed by atoms with Crippen LogP contribution in [-0.2, 0) is 15.8 Å². The number of H-pyrrole nitrogens is 1. The van der Waals surface area contributed by atoms with Crippen LogP contribution in [0.2, 0.25) is 0 Å². The van der Waals surface area contributed by atoms with Crippen molar-refractivity contribution in [3.05, 3.63) is 82.2 Å². The minimum absolute atomic E-state index is 0.105. The van der Waals surface area contributed by atoms with Gasteiger partial charge in [0.25, 0.3) is 0 Å². The summed E-state index contributed by atoms with van der Waals surface area (Å²) >= 11 is 0. The highest BCUT2D eigenvalue weighted by Gasteiger charge is 2.34. The highest BCUT2D eigenvalue weighted by Crippen LogP contribution is 2.40. The maximum atomic E-state index is 13.1. The van der Waals surface area contributed by atoms with Crippen molar-refractivity contribution in [3.8, 4) is 6.07 Å². The van der Waals surface area contributed by atoms with Gasteiger partial charge >= 0.3 is 0 Å². The molecular weight excluding hydrogens is 443 g/mol. The fraction of sp³-hybridized carbons (Fsp3) is 0.217.